The smallest absolute Gasteiger partial charge is 0.253 e. The van der Waals surface area contributed by atoms with Crippen molar-refractivity contribution in [2.45, 2.75) is 13.5 Å². The van der Waals surface area contributed by atoms with Crippen LogP contribution in [0.1, 0.15) is 17.3 Å². The van der Waals surface area contributed by atoms with E-state index in [9.17, 15) is 9.59 Å². The van der Waals surface area contributed by atoms with E-state index in [-0.39, 0.29) is 17.9 Å². The largest absolute Gasteiger partial charge is 0.494 e. The number of carbonyl (C=O) groups is 1. The second-order valence-corrected chi connectivity index (χ2v) is 3.93. The van der Waals surface area contributed by atoms with Crippen LogP contribution < -0.4 is 10.3 Å². The van der Waals surface area contributed by atoms with Gasteiger partial charge in [-0.3, -0.25) is 14.2 Å². The highest BCUT2D eigenvalue weighted by Gasteiger charge is 2.07. The van der Waals surface area contributed by atoms with Gasteiger partial charge in [0, 0.05) is 17.8 Å². The second kappa shape index (κ2) is 5.95. The molecule has 0 saturated carbocycles. The molecule has 5 heteroatoms. The minimum atomic E-state index is -0.241. The Labute approximate surface area is 110 Å². The van der Waals surface area contributed by atoms with Gasteiger partial charge in [0.05, 0.1) is 19.5 Å². The predicted octanol–water partition coefficient (Wildman–Crippen LogP) is 1.52. The molecule has 0 bridgehead atoms. The quantitative estimate of drug-likeness (QED) is 0.763. The summed E-state index contributed by atoms with van der Waals surface area (Å²) in [5, 5.41) is 0. The number of benzene rings is 1. The Bertz CT molecular complexity index is 617. The molecule has 0 spiro atoms. The molecule has 1 aromatic heterocycles. The molecule has 0 radical (unpaired) electrons. The highest BCUT2D eigenvalue weighted by molar-refractivity contribution is 5.95. The Hall–Kier alpha value is -2.43. The number of nitrogens with zero attached hydrogens (tertiary/aromatic N) is 2. The SMILES string of the molecule is CCOc1ccc(C(=O)Cn2cnccc2=O)cc1. The fourth-order valence-electron chi connectivity index (χ4n) is 1.65. The zero-order valence-electron chi connectivity index (χ0n) is 10.6. The molecule has 1 heterocycles. The average Bonchev–Trinajstić information content (AvgIpc) is 2.42. The van der Waals surface area contributed by atoms with Crippen molar-refractivity contribution in [2.24, 2.45) is 0 Å². The summed E-state index contributed by atoms with van der Waals surface area (Å²) in [5.74, 6) is 0.579. The van der Waals surface area contributed by atoms with E-state index in [1.807, 2.05) is 6.92 Å². The van der Waals surface area contributed by atoms with Crippen LogP contribution in [0, 0.1) is 0 Å². The molecular weight excluding hydrogens is 244 g/mol. The van der Waals surface area contributed by atoms with Crippen molar-refractivity contribution < 1.29 is 9.53 Å². The third-order valence-electron chi connectivity index (χ3n) is 2.59. The van der Waals surface area contributed by atoms with Gasteiger partial charge >= 0.3 is 0 Å². The van der Waals surface area contributed by atoms with Crippen molar-refractivity contribution in [1.82, 2.24) is 9.55 Å². The van der Waals surface area contributed by atoms with E-state index in [4.69, 9.17) is 4.74 Å². The van der Waals surface area contributed by atoms with Crippen LogP contribution in [0.2, 0.25) is 0 Å². The zero-order valence-corrected chi connectivity index (χ0v) is 10.6. The summed E-state index contributed by atoms with van der Waals surface area (Å²) in [6.07, 6.45) is 2.76. The summed E-state index contributed by atoms with van der Waals surface area (Å²) >= 11 is 0. The van der Waals surface area contributed by atoms with E-state index in [0.29, 0.717) is 12.2 Å². The number of aromatic nitrogens is 2. The van der Waals surface area contributed by atoms with Gasteiger partial charge in [0.2, 0.25) is 0 Å². The second-order valence-electron chi connectivity index (χ2n) is 3.93. The van der Waals surface area contributed by atoms with Crippen molar-refractivity contribution in [3.63, 3.8) is 0 Å². The minimum Gasteiger partial charge on any atom is -0.494 e. The predicted molar refractivity (Wildman–Crippen MR) is 70.4 cm³/mol. The molecule has 0 fully saturated rings. The number of ketones is 1. The molecule has 0 saturated heterocycles. The summed E-state index contributed by atoms with van der Waals surface area (Å²) in [4.78, 5) is 27.3. The van der Waals surface area contributed by atoms with E-state index in [1.54, 1.807) is 24.3 Å². The number of hydrogen-bond donors (Lipinski definition) is 0. The van der Waals surface area contributed by atoms with Crippen LogP contribution in [-0.2, 0) is 6.54 Å². The fourth-order valence-corrected chi connectivity index (χ4v) is 1.65. The maximum Gasteiger partial charge on any atom is 0.253 e. The molecule has 0 aliphatic carbocycles. The molecule has 0 aliphatic heterocycles. The number of ether oxygens (including phenoxy) is 1. The van der Waals surface area contributed by atoms with Crippen LogP contribution in [0.4, 0.5) is 0 Å². The van der Waals surface area contributed by atoms with Gasteiger partial charge in [0.25, 0.3) is 5.56 Å². The number of Topliss-reactive ketones (excluding diaryl/α,β-unsaturated/α-hetero) is 1. The summed E-state index contributed by atoms with van der Waals surface area (Å²) in [6, 6.07) is 8.18. The Kier molecular flexibility index (Phi) is 4.07. The van der Waals surface area contributed by atoms with E-state index in [2.05, 4.69) is 4.98 Å². The van der Waals surface area contributed by atoms with Crippen molar-refractivity contribution in [3.05, 3.63) is 58.8 Å². The van der Waals surface area contributed by atoms with E-state index >= 15 is 0 Å². The number of carbonyl (C=O) groups excluding carboxylic acids is 1. The third kappa shape index (κ3) is 3.28. The van der Waals surface area contributed by atoms with Crippen LogP contribution in [0.5, 0.6) is 5.75 Å². The zero-order chi connectivity index (χ0) is 13.7. The Balaban J connectivity index is 2.12. The van der Waals surface area contributed by atoms with E-state index in [0.717, 1.165) is 5.75 Å². The van der Waals surface area contributed by atoms with Gasteiger partial charge in [-0.15, -0.1) is 0 Å². The van der Waals surface area contributed by atoms with Crippen LogP contribution in [0.15, 0.2) is 47.7 Å². The molecule has 0 amide bonds. The van der Waals surface area contributed by atoms with Gasteiger partial charge < -0.3 is 4.74 Å². The molecular formula is C14H14N2O3. The standard InChI is InChI=1S/C14H14N2O3/c1-2-19-12-5-3-11(4-6-12)13(17)9-16-10-15-8-7-14(16)18/h3-8,10H,2,9H2,1H3. The van der Waals surface area contributed by atoms with Crippen molar-refractivity contribution >= 4 is 5.78 Å². The van der Waals surface area contributed by atoms with Crippen LogP contribution in [0.3, 0.4) is 0 Å². The number of rotatable bonds is 5. The molecule has 2 aromatic rings. The first-order valence-corrected chi connectivity index (χ1v) is 5.97. The lowest BCUT2D eigenvalue weighted by atomic mass is 10.1. The minimum absolute atomic E-state index is 0.0132. The first kappa shape index (κ1) is 13.0. The molecule has 2 rings (SSSR count). The molecule has 0 aliphatic rings. The Morgan fingerprint density at radius 3 is 2.63 bits per heavy atom. The molecule has 98 valence electrons. The molecule has 0 N–H and O–H groups in total. The first-order valence-electron chi connectivity index (χ1n) is 5.97. The molecule has 0 atom stereocenters. The van der Waals surface area contributed by atoms with Gasteiger partial charge in [0.15, 0.2) is 5.78 Å². The lowest BCUT2D eigenvalue weighted by Crippen LogP contribution is -2.23. The summed E-state index contributed by atoms with van der Waals surface area (Å²) < 4.78 is 6.58. The fraction of sp³-hybridized carbons (Fsp3) is 0.214. The molecule has 19 heavy (non-hydrogen) atoms. The topological polar surface area (TPSA) is 61.2 Å². The molecule has 0 unspecified atom stereocenters. The monoisotopic (exact) mass is 258 g/mol. The van der Waals surface area contributed by atoms with E-state index in [1.165, 1.54) is 23.2 Å². The van der Waals surface area contributed by atoms with Gasteiger partial charge in [0.1, 0.15) is 5.75 Å². The van der Waals surface area contributed by atoms with Crippen molar-refractivity contribution in [2.75, 3.05) is 6.61 Å². The van der Waals surface area contributed by atoms with Crippen LogP contribution in [0.25, 0.3) is 0 Å². The van der Waals surface area contributed by atoms with Gasteiger partial charge in [-0.05, 0) is 31.2 Å². The average molecular weight is 258 g/mol. The third-order valence-corrected chi connectivity index (χ3v) is 2.59. The van der Waals surface area contributed by atoms with Crippen LogP contribution in [-0.4, -0.2) is 21.9 Å². The Morgan fingerprint density at radius 1 is 1.26 bits per heavy atom. The molecule has 5 nitrogen and oxygen atoms in total. The van der Waals surface area contributed by atoms with Crippen LogP contribution >= 0.6 is 0 Å². The van der Waals surface area contributed by atoms with Gasteiger partial charge in [-0.25, -0.2) is 4.98 Å². The Morgan fingerprint density at radius 2 is 2.00 bits per heavy atom. The van der Waals surface area contributed by atoms with Gasteiger partial charge in [-0.2, -0.15) is 0 Å². The highest BCUT2D eigenvalue weighted by Crippen LogP contribution is 2.12. The maximum atomic E-state index is 12.0. The normalized spacial score (nSPS) is 10.2. The maximum absolute atomic E-state index is 12.0. The number of hydrogen-bond acceptors (Lipinski definition) is 4. The van der Waals surface area contributed by atoms with E-state index < -0.39 is 0 Å². The highest BCUT2D eigenvalue weighted by atomic mass is 16.5. The summed E-state index contributed by atoms with van der Waals surface area (Å²) in [7, 11) is 0. The summed E-state index contributed by atoms with van der Waals surface area (Å²) in [5.41, 5.74) is 0.300. The van der Waals surface area contributed by atoms with Crippen molar-refractivity contribution in [1.29, 1.82) is 0 Å². The lowest BCUT2D eigenvalue weighted by molar-refractivity contribution is 0.0970. The lowest BCUT2D eigenvalue weighted by Gasteiger charge is -2.05. The molecule has 1 aromatic carbocycles. The first-order chi connectivity index (χ1) is 9.20. The summed E-state index contributed by atoms with van der Waals surface area (Å²) in [6.45, 7) is 2.47. The van der Waals surface area contributed by atoms with Gasteiger partial charge in [-0.1, -0.05) is 0 Å². The van der Waals surface area contributed by atoms with Crippen molar-refractivity contribution in [3.8, 4) is 5.75 Å².